The van der Waals surface area contributed by atoms with Crippen LogP contribution in [0.4, 0.5) is 5.69 Å². The molecule has 21 heavy (non-hydrogen) atoms. The molecule has 0 radical (unpaired) electrons. The van der Waals surface area contributed by atoms with Crippen LogP contribution in [-0.2, 0) is 17.6 Å². The minimum Gasteiger partial charge on any atom is -0.374 e. The summed E-state index contributed by atoms with van der Waals surface area (Å²) in [7, 11) is 2.15. The highest BCUT2D eigenvalue weighted by Gasteiger charge is 2.15. The number of fused-ring (bicyclic) bond motifs is 1. The molecule has 0 fully saturated rings. The van der Waals surface area contributed by atoms with E-state index >= 15 is 0 Å². The van der Waals surface area contributed by atoms with E-state index in [1.165, 1.54) is 27.9 Å². The molecule has 2 heteroatoms. The summed E-state index contributed by atoms with van der Waals surface area (Å²) >= 11 is 0. The van der Waals surface area contributed by atoms with Crippen LogP contribution in [0.2, 0.25) is 0 Å². The van der Waals surface area contributed by atoms with Crippen LogP contribution in [0.1, 0.15) is 24.5 Å². The van der Waals surface area contributed by atoms with E-state index in [1.54, 1.807) is 6.92 Å². The molecule has 2 nitrogen and oxygen atoms in total. The van der Waals surface area contributed by atoms with Gasteiger partial charge in [0.05, 0.1) is 0 Å². The van der Waals surface area contributed by atoms with Crippen LogP contribution in [-0.4, -0.2) is 19.4 Å². The maximum absolute atomic E-state index is 11.0. The number of ketones is 1. The van der Waals surface area contributed by atoms with Crippen molar-refractivity contribution in [2.45, 2.75) is 26.2 Å². The molecule has 0 spiro atoms. The molecule has 2 aromatic rings. The number of benzene rings is 2. The van der Waals surface area contributed by atoms with Crippen molar-refractivity contribution in [1.82, 2.24) is 0 Å². The topological polar surface area (TPSA) is 20.3 Å². The fourth-order valence-corrected chi connectivity index (χ4v) is 2.93. The normalized spacial score (nSPS) is 13.3. The number of hydrogen-bond donors (Lipinski definition) is 0. The molecule has 1 aliphatic rings. The van der Waals surface area contributed by atoms with Gasteiger partial charge in [-0.25, -0.2) is 0 Å². The maximum Gasteiger partial charge on any atom is 0.130 e. The van der Waals surface area contributed by atoms with E-state index < -0.39 is 0 Å². The zero-order valence-electron chi connectivity index (χ0n) is 12.7. The molecular weight excluding hydrogens is 258 g/mol. The van der Waals surface area contributed by atoms with Crippen molar-refractivity contribution in [3.8, 4) is 11.1 Å². The zero-order valence-corrected chi connectivity index (χ0v) is 12.7. The number of nitrogens with zero attached hydrogens (tertiary/aromatic N) is 1. The number of aryl methyl sites for hydroxylation is 1. The molecule has 0 atom stereocenters. The molecule has 0 N–H and O–H groups in total. The van der Waals surface area contributed by atoms with E-state index in [2.05, 4.69) is 54.4 Å². The molecule has 0 bridgehead atoms. The van der Waals surface area contributed by atoms with E-state index in [4.69, 9.17) is 0 Å². The van der Waals surface area contributed by atoms with Crippen LogP contribution in [0.3, 0.4) is 0 Å². The summed E-state index contributed by atoms with van der Waals surface area (Å²) < 4.78 is 0. The Bertz CT molecular complexity index is 658. The van der Waals surface area contributed by atoms with Crippen molar-refractivity contribution in [2.24, 2.45) is 0 Å². The first-order valence-electron chi connectivity index (χ1n) is 7.56. The van der Waals surface area contributed by atoms with Crippen molar-refractivity contribution < 1.29 is 4.79 Å². The summed E-state index contributed by atoms with van der Waals surface area (Å²) in [6, 6.07) is 15.3. The summed E-state index contributed by atoms with van der Waals surface area (Å²) in [6.07, 6.45) is 2.60. The number of hydrogen-bond acceptors (Lipinski definition) is 2. The minimum absolute atomic E-state index is 0.252. The highest BCUT2D eigenvalue weighted by atomic mass is 16.1. The Morgan fingerprint density at radius 3 is 2.52 bits per heavy atom. The lowest BCUT2D eigenvalue weighted by Crippen LogP contribution is -2.12. The quantitative estimate of drug-likeness (QED) is 0.847. The second-order valence-corrected chi connectivity index (χ2v) is 5.91. The molecule has 0 aliphatic carbocycles. The molecular formula is C19H21NO. The largest absolute Gasteiger partial charge is 0.374 e. The van der Waals surface area contributed by atoms with Crippen molar-refractivity contribution in [2.75, 3.05) is 18.5 Å². The third-order valence-electron chi connectivity index (χ3n) is 4.26. The lowest BCUT2D eigenvalue weighted by molar-refractivity contribution is -0.116. The Morgan fingerprint density at radius 2 is 1.81 bits per heavy atom. The van der Waals surface area contributed by atoms with Gasteiger partial charge >= 0.3 is 0 Å². The second kappa shape index (κ2) is 5.72. The third kappa shape index (κ3) is 2.99. The smallest absolute Gasteiger partial charge is 0.130 e. The number of carbonyl (C=O) groups excluding carboxylic acids is 1. The van der Waals surface area contributed by atoms with Gasteiger partial charge in [-0.05, 0) is 54.2 Å². The summed E-state index contributed by atoms with van der Waals surface area (Å²) in [5.41, 5.74) is 6.56. The standard InChI is InChI=1S/C19H21NO/c1-14(21)3-4-15-5-7-16(8-6-15)17-9-10-19-18(13-17)11-12-20(19)2/h5-10,13H,3-4,11-12H2,1-2H3. The Hall–Kier alpha value is -2.09. The highest BCUT2D eigenvalue weighted by molar-refractivity contribution is 5.75. The van der Waals surface area contributed by atoms with Crippen molar-refractivity contribution in [3.63, 3.8) is 0 Å². The van der Waals surface area contributed by atoms with E-state index in [1.807, 2.05) is 0 Å². The number of carbonyl (C=O) groups is 1. The molecule has 0 aromatic heterocycles. The number of likely N-dealkylation sites (N-methyl/N-ethyl adjacent to an activating group) is 1. The van der Waals surface area contributed by atoms with Crippen LogP contribution < -0.4 is 4.90 Å². The molecule has 2 aromatic carbocycles. The monoisotopic (exact) mass is 279 g/mol. The van der Waals surface area contributed by atoms with Crippen LogP contribution in [0.15, 0.2) is 42.5 Å². The van der Waals surface area contributed by atoms with Gasteiger partial charge in [0, 0.05) is 25.7 Å². The molecule has 1 aliphatic heterocycles. The van der Waals surface area contributed by atoms with Gasteiger partial charge in [-0.1, -0.05) is 30.3 Å². The molecule has 0 unspecified atom stereocenters. The van der Waals surface area contributed by atoms with Crippen molar-refractivity contribution >= 4 is 11.5 Å². The van der Waals surface area contributed by atoms with Gasteiger partial charge in [-0.2, -0.15) is 0 Å². The fourth-order valence-electron chi connectivity index (χ4n) is 2.93. The lowest BCUT2D eigenvalue weighted by atomic mass is 9.99. The average Bonchev–Trinajstić information content (AvgIpc) is 2.86. The fraction of sp³-hybridized carbons (Fsp3) is 0.316. The average molecular weight is 279 g/mol. The Labute approximate surface area is 126 Å². The van der Waals surface area contributed by atoms with Gasteiger partial charge in [0.15, 0.2) is 0 Å². The van der Waals surface area contributed by atoms with Gasteiger partial charge in [0.25, 0.3) is 0 Å². The van der Waals surface area contributed by atoms with Gasteiger partial charge in [-0.15, -0.1) is 0 Å². The summed E-state index contributed by atoms with van der Waals surface area (Å²) in [6.45, 7) is 2.76. The molecule has 0 saturated carbocycles. The van der Waals surface area contributed by atoms with Crippen LogP contribution in [0, 0.1) is 0 Å². The van der Waals surface area contributed by atoms with E-state index in [0.717, 1.165) is 19.4 Å². The first-order chi connectivity index (χ1) is 10.1. The Balaban J connectivity index is 1.80. The van der Waals surface area contributed by atoms with Crippen LogP contribution in [0.25, 0.3) is 11.1 Å². The molecule has 0 amide bonds. The Kier molecular flexibility index (Phi) is 3.78. The second-order valence-electron chi connectivity index (χ2n) is 5.91. The maximum atomic E-state index is 11.0. The minimum atomic E-state index is 0.252. The summed E-state index contributed by atoms with van der Waals surface area (Å²) in [4.78, 5) is 13.3. The van der Waals surface area contributed by atoms with Gasteiger partial charge in [0.1, 0.15) is 5.78 Å². The Morgan fingerprint density at radius 1 is 1.10 bits per heavy atom. The van der Waals surface area contributed by atoms with Gasteiger partial charge < -0.3 is 9.69 Å². The first kappa shape index (κ1) is 13.9. The molecule has 3 rings (SSSR count). The van der Waals surface area contributed by atoms with Crippen LogP contribution >= 0.6 is 0 Å². The first-order valence-corrected chi connectivity index (χ1v) is 7.56. The highest BCUT2D eigenvalue weighted by Crippen LogP contribution is 2.31. The third-order valence-corrected chi connectivity index (χ3v) is 4.26. The zero-order chi connectivity index (χ0) is 14.8. The summed E-state index contributed by atoms with van der Waals surface area (Å²) in [5.74, 6) is 0.252. The predicted octanol–water partition coefficient (Wildman–Crippen LogP) is 3.87. The molecule has 0 saturated heterocycles. The SMILES string of the molecule is CC(=O)CCc1ccc(-c2ccc3c(c2)CCN3C)cc1. The van der Waals surface area contributed by atoms with Gasteiger partial charge in [-0.3, -0.25) is 0 Å². The van der Waals surface area contributed by atoms with Crippen molar-refractivity contribution in [3.05, 3.63) is 53.6 Å². The molecule has 1 heterocycles. The lowest BCUT2D eigenvalue weighted by Gasteiger charge is -2.12. The van der Waals surface area contributed by atoms with Gasteiger partial charge in [0.2, 0.25) is 0 Å². The summed E-state index contributed by atoms with van der Waals surface area (Å²) in [5, 5.41) is 0. The van der Waals surface area contributed by atoms with Crippen molar-refractivity contribution in [1.29, 1.82) is 0 Å². The number of Topliss-reactive ketones (excluding diaryl/α,β-unsaturated/α-hetero) is 1. The molecule has 108 valence electrons. The van der Waals surface area contributed by atoms with E-state index in [9.17, 15) is 4.79 Å². The van der Waals surface area contributed by atoms with E-state index in [0.29, 0.717) is 6.42 Å². The number of anilines is 1. The number of rotatable bonds is 4. The van der Waals surface area contributed by atoms with E-state index in [-0.39, 0.29) is 5.78 Å². The van der Waals surface area contributed by atoms with Crippen LogP contribution in [0.5, 0.6) is 0 Å². The predicted molar refractivity (Wildman–Crippen MR) is 87.9 cm³/mol.